The highest BCUT2D eigenvalue weighted by molar-refractivity contribution is 6.30. The Balaban J connectivity index is 1.88. The standard InChI is InChI=1S/C12H9ClN4O4/c13-8-2-1-3-9(6-8)15-12(18)16-14-7-10-4-5-11(21-10)17(19)20/h1-7H,(H2,15,16,18). The first-order chi connectivity index (χ1) is 10.0. The summed E-state index contributed by atoms with van der Waals surface area (Å²) in [5.74, 6) is -0.260. The molecule has 1 aromatic heterocycles. The number of nitro groups is 1. The number of hydrazone groups is 1. The number of anilines is 1. The Bertz CT molecular complexity index is 698. The predicted octanol–water partition coefficient (Wildman–Crippen LogP) is 3.00. The topological polar surface area (TPSA) is 110 Å². The van der Waals surface area contributed by atoms with Crippen LogP contribution in [-0.4, -0.2) is 17.2 Å². The zero-order chi connectivity index (χ0) is 15.2. The van der Waals surface area contributed by atoms with Gasteiger partial charge in [0.1, 0.15) is 4.92 Å². The Morgan fingerprint density at radius 3 is 2.86 bits per heavy atom. The summed E-state index contributed by atoms with van der Waals surface area (Å²) in [5, 5.41) is 17.0. The van der Waals surface area contributed by atoms with E-state index in [-0.39, 0.29) is 5.76 Å². The van der Waals surface area contributed by atoms with Crippen LogP contribution in [0.4, 0.5) is 16.4 Å². The lowest BCUT2D eigenvalue weighted by Crippen LogP contribution is -2.24. The van der Waals surface area contributed by atoms with E-state index in [9.17, 15) is 14.9 Å². The van der Waals surface area contributed by atoms with Crippen molar-refractivity contribution in [2.45, 2.75) is 0 Å². The molecular weight excluding hydrogens is 300 g/mol. The smallest absolute Gasteiger partial charge is 0.400 e. The Kier molecular flexibility index (Phi) is 4.52. The van der Waals surface area contributed by atoms with Crippen LogP contribution in [-0.2, 0) is 0 Å². The second-order valence-electron chi connectivity index (χ2n) is 3.77. The van der Waals surface area contributed by atoms with Gasteiger partial charge in [-0.25, -0.2) is 10.2 Å². The highest BCUT2D eigenvalue weighted by atomic mass is 35.5. The summed E-state index contributed by atoms with van der Waals surface area (Å²) in [6.45, 7) is 0. The van der Waals surface area contributed by atoms with Gasteiger partial charge in [0.15, 0.2) is 5.76 Å². The van der Waals surface area contributed by atoms with Crippen molar-refractivity contribution in [3.8, 4) is 0 Å². The van der Waals surface area contributed by atoms with Crippen LogP contribution in [0.15, 0.2) is 45.9 Å². The molecule has 9 heteroatoms. The number of nitrogens with one attached hydrogen (secondary N) is 2. The number of nitrogens with zero attached hydrogens (tertiary/aromatic N) is 2. The summed E-state index contributed by atoms with van der Waals surface area (Å²) < 4.78 is 4.82. The van der Waals surface area contributed by atoms with Gasteiger partial charge >= 0.3 is 11.9 Å². The normalized spacial score (nSPS) is 10.5. The summed E-state index contributed by atoms with van der Waals surface area (Å²) in [5.41, 5.74) is 2.69. The van der Waals surface area contributed by atoms with Gasteiger partial charge in [-0.15, -0.1) is 0 Å². The third-order valence-electron chi connectivity index (χ3n) is 2.23. The molecule has 0 aliphatic rings. The van der Waals surface area contributed by atoms with Crippen LogP contribution < -0.4 is 10.7 Å². The molecule has 0 spiro atoms. The fourth-order valence-corrected chi connectivity index (χ4v) is 1.58. The number of benzene rings is 1. The molecule has 0 bridgehead atoms. The number of carbonyl (C=O) groups is 1. The van der Waals surface area contributed by atoms with E-state index in [2.05, 4.69) is 15.8 Å². The summed E-state index contributed by atoms with van der Waals surface area (Å²) in [7, 11) is 0. The van der Waals surface area contributed by atoms with Gasteiger partial charge in [0.25, 0.3) is 0 Å². The number of hydrogen-bond acceptors (Lipinski definition) is 5. The van der Waals surface area contributed by atoms with Gasteiger partial charge in [-0.05, 0) is 24.3 Å². The van der Waals surface area contributed by atoms with Gasteiger partial charge in [0.05, 0.1) is 12.3 Å². The quantitative estimate of drug-likeness (QED) is 0.514. The molecule has 0 fully saturated rings. The van der Waals surface area contributed by atoms with Crippen molar-refractivity contribution in [3.05, 3.63) is 57.3 Å². The van der Waals surface area contributed by atoms with Gasteiger partial charge < -0.3 is 9.73 Å². The van der Waals surface area contributed by atoms with E-state index in [0.29, 0.717) is 10.7 Å². The summed E-state index contributed by atoms with van der Waals surface area (Å²) >= 11 is 5.77. The van der Waals surface area contributed by atoms with E-state index >= 15 is 0 Å². The molecule has 0 aliphatic carbocycles. The van der Waals surface area contributed by atoms with Crippen molar-refractivity contribution in [1.82, 2.24) is 5.43 Å². The number of hydrogen-bond donors (Lipinski definition) is 2. The lowest BCUT2D eigenvalue weighted by atomic mass is 10.3. The minimum absolute atomic E-state index is 0.143. The fraction of sp³-hybridized carbons (Fsp3) is 0. The fourth-order valence-electron chi connectivity index (χ4n) is 1.39. The van der Waals surface area contributed by atoms with Crippen LogP contribution >= 0.6 is 11.6 Å². The van der Waals surface area contributed by atoms with Crippen LogP contribution in [0.25, 0.3) is 0 Å². The van der Waals surface area contributed by atoms with Crippen LogP contribution in [0.5, 0.6) is 0 Å². The second-order valence-corrected chi connectivity index (χ2v) is 4.20. The molecule has 1 aromatic carbocycles. The Hall–Kier alpha value is -2.87. The van der Waals surface area contributed by atoms with Gasteiger partial charge in [0, 0.05) is 10.7 Å². The zero-order valence-electron chi connectivity index (χ0n) is 10.4. The molecule has 0 aliphatic heterocycles. The number of halogens is 1. The van der Waals surface area contributed by atoms with Gasteiger partial charge in [-0.3, -0.25) is 10.1 Å². The molecule has 1 heterocycles. The molecule has 8 nitrogen and oxygen atoms in total. The number of furan rings is 1. The Morgan fingerprint density at radius 2 is 2.19 bits per heavy atom. The number of amides is 2. The first kappa shape index (κ1) is 14.5. The van der Waals surface area contributed by atoms with Crippen LogP contribution in [0, 0.1) is 10.1 Å². The summed E-state index contributed by atoms with van der Waals surface area (Å²) in [6.07, 6.45) is 1.14. The van der Waals surface area contributed by atoms with E-state index < -0.39 is 16.8 Å². The minimum Gasteiger partial charge on any atom is -0.400 e. The van der Waals surface area contributed by atoms with Crippen molar-refractivity contribution in [3.63, 3.8) is 0 Å². The lowest BCUT2D eigenvalue weighted by molar-refractivity contribution is -0.402. The lowest BCUT2D eigenvalue weighted by Gasteiger charge is -2.03. The molecule has 21 heavy (non-hydrogen) atoms. The Morgan fingerprint density at radius 1 is 1.38 bits per heavy atom. The Labute approximate surface area is 123 Å². The van der Waals surface area contributed by atoms with Crippen molar-refractivity contribution in [1.29, 1.82) is 0 Å². The van der Waals surface area contributed by atoms with Crippen molar-refractivity contribution in [2.75, 3.05) is 5.32 Å². The zero-order valence-corrected chi connectivity index (χ0v) is 11.2. The molecule has 0 saturated heterocycles. The molecular formula is C12H9ClN4O4. The molecule has 0 radical (unpaired) electrons. The van der Waals surface area contributed by atoms with Crippen molar-refractivity contribution in [2.24, 2.45) is 5.10 Å². The molecule has 108 valence electrons. The summed E-state index contributed by atoms with van der Waals surface area (Å²) in [4.78, 5) is 21.2. The first-order valence-electron chi connectivity index (χ1n) is 5.64. The van der Waals surface area contributed by atoms with E-state index in [1.54, 1.807) is 24.3 Å². The molecule has 2 N–H and O–H groups in total. The average Bonchev–Trinajstić information content (AvgIpc) is 2.87. The molecule has 0 saturated carbocycles. The third-order valence-corrected chi connectivity index (χ3v) is 2.47. The van der Waals surface area contributed by atoms with Gasteiger partial charge in [-0.2, -0.15) is 5.10 Å². The van der Waals surface area contributed by atoms with Crippen LogP contribution in [0.3, 0.4) is 0 Å². The highest BCUT2D eigenvalue weighted by Gasteiger charge is 2.10. The van der Waals surface area contributed by atoms with E-state index in [1.165, 1.54) is 12.1 Å². The largest absolute Gasteiger partial charge is 0.433 e. The van der Waals surface area contributed by atoms with E-state index in [1.807, 2.05) is 0 Å². The maximum Gasteiger partial charge on any atom is 0.433 e. The minimum atomic E-state index is -0.670. The maximum absolute atomic E-state index is 11.5. The second kappa shape index (κ2) is 6.53. The molecule has 2 rings (SSSR count). The van der Waals surface area contributed by atoms with Crippen molar-refractivity contribution >= 4 is 35.4 Å². The SMILES string of the molecule is O=C(NN=Cc1ccc([N+](=O)[O-])o1)Nc1cccc(Cl)c1. The van der Waals surface area contributed by atoms with Crippen LogP contribution in [0.2, 0.25) is 5.02 Å². The summed E-state index contributed by atoms with van der Waals surface area (Å²) in [6, 6.07) is 8.54. The number of rotatable bonds is 4. The third kappa shape index (κ3) is 4.32. The molecule has 0 unspecified atom stereocenters. The molecule has 2 amide bonds. The highest BCUT2D eigenvalue weighted by Crippen LogP contribution is 2.15. The van der Waals surface area contributed by atoms with Crippen LogP contribution in [0.1, 0.15) is 5.76 Å². The maximum atomic E-state index is 11.5. The average molecular weight is 309 g/mol. The monoisotopic (exact) mass is 308 g/mol. The van der Waals surface area contributed by atoms with Crippen molar-refractivity contribution < 1.29 is 14.1 Å². The number of urea groups is 1. The molecule has 2 aromatic rings. The van der Waals surface area contributed by atoms with E-state index in [0.717, 1.165) is 6.21 Å². The van der Waals surface area contributed by atoms with E-state index in [4.69, 9.17) is 16.0 Å². The predicted molar refractivity (Wildman–Crippen MR) is 76.6 cm³/mol. The first-order valence-corrected chi connectivity index (χ1v) is 6.02. The van der Waals surface area contributed by atoms with Gasteiger partial charge in [-0.1, -0.05) is 17.7 Å². The number of carbonyl (C=O) groups excluding carboxylic acids is 1. The van der Waals surface area contributed by atoms with Gasteiger partial charge in [0.2, 0.25) is 0 Å². The molecule has 0 atom stereocenters.